The van der Waals surface area contributed by atoms with Crippen LogP contribution in [0.1, 0.15) is 0 Å². The molecule has 31 heavy (non-hydrogen) atoms. The van der Waals surface area contributed by atoms with Gasteiger partial charge in [0.1, 0.15) is 0 Å². The van der Waals surface area contributed by atoms with Crippen molar-refractivity contribution in [3.05, 3.63) is 54.6 Å². The molecule has 3 aromatic rings. The van der Waals surface area contributed by atoms with Crippen LogP contribution in [0.2, 0.25) is 0 Å². The number of hydrogen-bond acceptors (Lipinski definition) is 6. The second kappa shape index (κ2) is 10.6. The van der Waals surface area contributed by atoms with Crippen LogP contribution in [0.5, 0.6) is 34.5 Å². The van der Waals surface area contributed by atoms with Gasteiger partial charge in [-0.05, 0) is 0 Å². The van der Waals surface area contributed by atoms with Crippen LogP contribution in [0.25, 0.3) is 0 Å². The first-order chi connectivity index (χ1) is 15.1. The van der Waals surface area contributed by atoms with Gasteiger partial charge in [-0.15, -0.1) is 0 Å². The van der Waals surface area contributed by atoms with E-state index >= 15 is 0 Å². The predicted octanol–water partition coefficient (Wildman–Crippen LogP) is 2.25. The first-order valence-corrected chi connectivity index (χ1v) is 14.7. The minimum atomic E-state index is -3.40. The van der Waals surface area contributed by atoms with Gasteiger partial charge in [0.25, 0.3) is 0 Å². The normalized spacial score (nSPS) is 10.3. The number of rotatable bonds is 9. The van der Waals surface area contributed by atoms with Crippen LogP contribution in [0.3, 0.4) is 0 Å². The van der Waals surface area contributed by atoms with Crippen LogP contribution in [-0.4, -0.2) is 64.1 Å². The summed E-state index contributed by atoms with van der Waals surface area (Å²) in [6, 6.07) is 17.5. The summed E-state index contributed by atoms with van der Waals surface area (Å²) in [6.07, 6.45) is 0. The standard InChI is InChI=1S/3C8H9O2.In/c3*1-9-7-4-3-5-8(6-7)10-2;/h3*3-5H,1-2H3;. The first kappa shape index (κ1) is 23.0. The van der Waals surface area contributed by atoms with E-state index in [1.165, 1.54) is 0 Å². The third-order valence-electron chi connectivity index (χ3n) is 5.26. The van der Waals surface area contributed by atoms with Crippen LogP contribution >= 0.6 is 0 Å². The van der Waals surface area contributed by atoms with Gasteiger partial charge in [0, 0.05) is 0 Å². The van der Waals surface area contributed by atoms with Gasteiger partial charge in [-0.2, -0.15) is 0 Å². The molecule has 0 radical (unpaired) electrons. The number of ether oxygens (including phenoxy) is 6. The summed E-state index contributed by atoms with van der Waals surface area (Å²) < 4.78 is 37.9. The Morgan fingerprint density at radius 3 is 0.742 bits per heavy atom. The fourth-order valence-corrected chi connectivity index (χ4v) is 14.9. The van der Waals surface area contributed by atoms with Crippen molar-refractivity contribution < 1.29 is 28.4 Å². The Morgan fingerprint density at radius 2 is 0.581 bits per heavy atom. The van der Waals surface area contributed by atoms with Crippen molar-refractivity contribution in [3.63, 3.8) is 0 Å². The Hall–Kier alpha value is -2.67. The van der Waals surface area contributed by atoms with Crippen LogP contribution in [0.4, 0.5) is 0 Å². The van der Waals surface area contributed by atoms with E-state index in [0.717, 1.165) is 44.5 Å². The maximum atomic E-state index is 5.82. The zero-order chi connectivity index (χ0) is 22.4. The second-order valence-corrected chi connectivity index (χ2v) is 14.1. The maximum absolute atomic E-state index is 5.82. The van der Waals surface area contributed by atoms with Gasteiger partial charge >= 0.3 is 192 Å². The molecule has 0 bridgehead atoms. The second-order valence-electron chi connectivity index (χ2n) is 6.66. The molecular weight excluding hydrogens is 499 g/mol. The van der Waals surface area contributed by atoms with E-state index in [9.17, 15) is 0 Å². The Kier molecular flexibility index (Phi) is 7.85. The molecule has 0 aliphatic heterocycles. The molecule has 0 heterocycles. The molecule has 0 amide bonds. The van der Waals surface area contributed by atoms with Crippen molar-refractivity contribution in [1.82, 2.24) is 0 Å². The molecule has 0 saturated heterocycles. The third kappa shape index (κ3) is 4.37. The summed E-state index contributed by atoms with van der Waals surface area (Å²) in [5.41, 5.74) is 0. The van der Waals surface area contributed by atoms with Crippen LogP contribution < -0.4 is 38.4 Å². The fourth-order valence-electron chi connectivity index (χ4n) is 3.93. The van der Waals surface area contributed by atoms with E-state index < -0.39 is 21.4 Å². The topological polar surface area (TPSA) is 55.4 Å². The molecule has 3 aromatic carbocycles. The van der Waals surface area contributed by atoms with Gasteiger partial charge in [-0.25, -0.2) is 0 Å². The average molecular weight is 526 g/mol. The molecule has 0 aromatic heterocycles. The van der Waals surface area contributed by atoms with E-state index in [2.05, 4.69) is 0 Å². The third-order valence-corrected chi connectivity index (χ3v) is 15.1. The van der Waals surface area contributed by atoms with Crippen LogP contribution in [0.15, 0.2) is 54.6 Å². The molecule has 0 saturated carbocycles. The van der Waals surface area contributed by atoms with Crippen molar-refractivity contribution in [2.75, 3.05) is 42.7 Å². The molecule has 0 atom stereocenters. The molecule has 6 nitrogen and oxygen atoms in total. The van der Waals surface area contributed by atoms with Gasteiger partial charge in [0.15, 0.2) is 0 Å². The molecule has 162 valence electrons. The molecule has 0 unspecified atom stereocenters. The van der Waals surface area contributed by atoms with E-state index in [-0.39, 0.29) is 0 Å². The van der Waals surface area contributed by atoms with Gasteiger partial charge in [0.05, 0.1) is 0 Å². The summed E-state index contributed by atoms with van der Waals surface area (Å²) in [5.74, 6) is 4.51. The fraction of sp³-hybridized carbons (Fsp3) is 0.250. The first-order valence-electron chi connectivity index (χ1n) is 9.77. The van der Waals surface area contributed by atoms with Gasteiger partial charge < -0.3 is 0 Å². The molecule has 0 aliphatic carbocycles. The van der Waals surface area contributed by atoms with Gasteiger partial charge in [0.2, 0.25) is 0 Å². The average Bonchev–Trinajstić information content (AvgIpc) is 2.83. The zero-order valence-electron chi connectivity index (χ0n) is 18.7. The van der Waals surface area contributed by atoms with Crippen molar-refractivity contribution in [3.8, 4) is 34.5 Å². The minimum absolute atomic E-state index is 0.751. The number of benzene rings is 3. The Bertz CT molecular complexity index is 838. The quantitative estimate of drug-likeness (QED) is 0.427. The molecule has 7 heteroatoms. The SMILES string of the molecule is COc1cccc(OC)[c]1[In]([c]1c(OC)cccc1OC)[c]1c(OC)cccc1OC. The van der Waals surface area contributed by atoms with Crippen LogP contribution in [0, 0.1) is 0 Å². The molecular formula is C24H27InO6. The molecule has 0 spiro atoms. The monoisotopic (exact) mass is 526 g/mol. The Balaban J connectivity index is 2.52. The number of methoxy groups -OCH3 is 6. The van der Waals surface area contributed by atoms with Crippen molar-refractivity contribution >= 4 is 31.4 Å². The van der Waals surface area contributed by atoms with Crippen LogP contribution in [-0.2, 0) is 0 Å². The summed E-state index contributed by atoms with van der Waals surface area (Å²) in [4.78, 5) is 0. The predicted molar refractivity (Wildman–Crippen MR) is 123 cm³/mol. The van der Waals surface area contributed by atoms with Crippen molar-refractivity contribution in [2.45, 2.75) is 0 Å². The van der Waals surface area contributed by atoms with Gasteiger partial charge in [-0.3, -0.25) is 0 Å². The van der Waals surface area contributed by atoms with E-state index in [0.29, 0.717) is 0 Å². The summed E-state index contributed by atoms with van der Waals surface area (Å²) in [6.45, 7) is 0. The molecule has 0 N–H and O–H groups in total. The zero-order valence-corrected chi connectivity index (χ0v) is 22.0. The van der Waals surface area contributed by atoms with Gasteiger partial charge in [-0.1, -0.05) is 0 Å². The van der Waals surface area contributed by atoms with E-state index in [4.69, 9.17) is 28.4 Å². The molecule has 0 fully saturated rings. The van der Waals surface area contributed by atoms with E-state index in [1.54, 1.807) is 42.7 Å². The molecule has 0 aliphatic rings. The van der Waals surface area contributed by atoms with E-state index in [1.807, 2.05) is 54.6 Å². The Labute approximate surface area is 191 Å². The summed E-state index contributed by atoms with van der Waals surface area (Å²) in [7, 11) is 10.0. The van der Waals surface area contributed by atoms with Crippen molar-refractivity contribution in [1.29, 1.82) is 0 Å². The molecule has 3 rings (SSSR count). The Morgan fingerprint density at radius 1 is 0.387 bits per heavy atom. The van der Waals surface area contributed by atoms with Crippen molar-refractivity contribution in [2.24, 2.45) is 0 Å². The number of hydrogen-bond donors (Lipinski definition) is 0. The summed E-state index contributed by atoms with van der Waals surface area (Å²) >= 11 is -3.40. The summed E-state index contributed by atoms with van der Waals surface area (Å²) in [5, 5.41) is 0.